The Morgan fingerprint density at radius 2 is 2.04 bits per heavy atom. The maximum atomic E-state index is 12.4. The van der Waals surface area contributed by atoms with Crippen molar-refractivity contribution in [2.24, 2.45) is 5.41 Å². The Kier molecular flexibility index (Phi) is 5.29. The second-order valence-corrected chi connectivity index (χ2v) is 8.46. The number of rotatable bonds is 5. The summed E-state index contributed by atoms with van der Waals surface area (Å²) in [5, 5.41) is 13.0. The molecule has 1 fully saturated rings. The summed E-state index contributed by atoms with van der Waals surface area (Å²) in [6.45, 7) is 6.30. The van der Waals surface area contributed by atoms with Crippen LogP contribution in [0, 0.1) is 5.41 Å². The fourth-order valence-electron chi connectivity index (χ4n) is 2.62. The van der Waals surface area contributed by atoms with Crippen molar-refractivity contribution in [1.29, 1.82) is 0 Å². The molecule has 0 saturated carbocycles. The van der Waals surface area contributed by atoms with Gasteiger partial charge in [0, 0.05) is 35.0 Å². The molecule has 0 bridgehead atoms. The highest BCUT2D eigenvalue weighted by atomic mass is 35.5. The second kappa shape index (κ2) is 7.32. The maximum Gasteiger partial charge on any atom is 0.231 e. The van der Waals surface area contributed by atoms with Crippen LogP contribution in [-0.4, -0.2) is 28.6 Å². The number of aromatic nitrogens is 2. The lowest BCUT2D eigenvalue weighted by molar-refractivity contribution is -0.124. The van der Waals surface area contributed by atoms with Crippen molar-refractivity contribution < 1.29 is 9.59 Å². The fourth-order valence-corrected chi connectivity index (χ4v) is 3.58. The number of carbonyl (C=O) groups is 2. The van der Waals surface area contributed by atoms with Gasteiger partial charge in [0.05, 0.1) is 0 Å². The van der Waals surface area contributed by atoms with E-state index in [1.54, 1.807) is 17.0 Å². The molecule has 0 unspecified atom stereocenters. The highest BCUT2D eigenvalue weighted by Crippen LogP contribution is 2.35. The average molecular weight is 393 g/mol. The van der Waals surface area contributed by atoms with Crippen LogP contribution >= 0.6 is 22.9 Å². The molecule has 1 aliphatic rings. The molecule has 1 N–H and O–H groups in total. The fraction of sp³-hybridized carbons (Fsp3) is 0.444. The zero-order valence-electron chi connectivity index (χ0n) is 15.0. The minimum Gasteiger partial charge on any atom is -0.312 e. The van der Waals surface area contributed by atoms with Gasteiger partial charge in [-0.3, -0.25) is 9.59 Å². The van der Waals surface area contributed by atoms with E-state index in [1.165, 1.54) is 11.3 Å². The molecule has 2 aromatic rings. The molecule has 1 aromatic carbocycles. The maximum absolute atomic E-state index is 12.4. The van der Waals surface area contributed by atoms with Crippen LogP contribution in [0.25, 0.3) is 0 Å². The molecular formula is C18H21ClN4O2S. The van der Waals surface area contributed by atoms with Crippen molar-refractivity contribution >= 4 is 45.6 Å². The Balaban J connectivity index is 1.69. The number of halogens is 1. The summed E-state index contributed by atoms with van der Waals surface area (Å²) in [5.74, 6) is -0.0567. The van der Waals surface area contributed by atoms with Crippen molar-refractivity contribution in [2.75, 3.05) is 16.8 Å². The van der Waals surface area contributed by atoms with E-state index in [1.807, 2.05) is 32.9 Å². The van der Waals surface area contributed by atoms with E-state index in [0.29, 0.717) is 23.1 Å². The molecule has 0 aliphatic carbocycles. The van der Waals surface area contributed by atoms with Crippen molar-refractivity contribution in [3.63, 3.8) is 0 Å². The van der Waals surface area contributed by atoms with Crippen molar-refractivity contribution in [1.82, 2.24) is 10.2 Å². The van der Waals surface area contributed by atoms with E-state index < -0.39 is 5.41 Å². The average Bonchev–Trinajstić information content (AvgIpc) is 3.22. The Morgan fingerprint density at radius 1 is 1.35 bits per heavy atom. The summed E-state index contributed by atoms with van der Waals surface area (Å²) >= 11 is 7.24. The normalized spacial score (nSPS) is 17.6. The molecule has 8 heteroatoms. The van der Waals surface area contributed by atoms with E-state index >= 15 is 0 Å². The number of carbonyl (C=O) groups excluding carboxylic acids is 2. The molecule has 0 radical (unpaired) electrons. The van der Waals surface area contributed by atoms with Crippen LogP contribution in [0.3, 0.4) is 0 Å². The second-order valence-electron chi connectivity index (χ2n) is 7.02. The first-order chi connectivity index (χ1) is 12.3. The molecule has 1 saturated heterocycles. The predicted molar refractivity (Wildman–Crippen MR) is 104 cm³/mol. The molecule has 1 atom stereocenters. The minimum absolute atomic E-state index is 0.0273. The van der Waals surface area contributed by atoms with E-state index in [2.05, 4.69) is 15.5 Å². The number of nitrogens with one attached hydrogen (secondary N) is 1. The van der Waals surface area contributed by atoms with Crippen LogP contribution in [0.4, 0.5) is 10.8 Å². The third-order valence-electron chi connectivity index (χ3n) is 4.77. The lowest BCUT2D eigenvalue weighted by Crippen LogP contribution is -2.29. The molecule has 6 nitrogen and oxygen atoms in total. The van der Waals surface area contributed by atoms with E-state index in [9.17, 15) is 9.59 Å². The molecule has 138 valence electrons. The van der Waals surface area contributed by atoms with Crippen LogP contribution in [0.15, 0.2) is 24.3 Å². The topological polar surface area (TPSA) is 75.2 Å². The molecular weight excluding hydrogens is 372 g/mol. The number of amides is 2. The van der Waals surface area contributed by atoms with Crippen LogP contribution in [0.1, 0.15) is 44.5 Å². The van der Waals surface area contributed by atoms with Gasteiger partial charge in [0.25, 0.3) is 0 Å². The smallest absolute Gasteiger partial charge is 0.231 e. The third kappa shape index (κ3) is 3.88. The van der Waals surface area contributed by atoms with Gasteiger partial charge in [-0.15, -0.1) is 10.2 Å². The number of hydrogen-bond donors (Lipinski definition) is 1. The van der Waals surface area contributed by atoms with Crippen LogP contribution in [-0.2, 0) is 9.59 Å². The number of anilines is 2. The first-order valence-corrected chi connectivity index (χ1v) is 9.70. The Hall–Kier alpha value is -1.99. The summed E-state index contributed by atoms with van der Waals surface area (Å²) in [6.07, 6.45) is 1.11. The molecule has 1 aliphatic heterocycles. The SMILES string of the molecule is CCC(C)(C)C(=O)Nc1nnc([C@H]2CC(=O)N(c3ccc(Cl)cc3)C2)s1. The van der Waals surface area contributed by atoms with Gasteiger partial charge in [0.2, 0.25) is 16.9 Å². The van der Waals surface area contributed by atoms with E-state index in [-0.39, 0.29) is 17.7 Å². The largest absolute Gasteiger partial charge is 0.312 e. The van der Waals surface area contributed by atoms with Crippen molar-refractivity contribution in [2.45, 2.75) is 39.5 Å². The predicted octanol–water partition coefficient (Wildman–Crippen LogP) is 4.09. The Labute approximate surface area is 161 Å². The number of nitrogens with zero attached hydrogens (tertiary/aromatic N) is 3. The zero-order valence-corrected chi connectivity index (χ0v) is 16.5. The summed E-state index contributed by atoms with van der Waals surface area (Å²) in [6, 6.07) is 7.21. The van der Waals surface area contributed by atoms with Crippen LogP contribution in [0.2, 0.25) is 5.02 Å². The Morgan fingerprint density at radius 3 is 2.69 bits per heavy atom. The highest BCUT2D eigenvalue weighted by Gasteiger charge is 2.34. The minimum atomic E-state index is -0.458. The van der Waals surface area contributed by atoms with Crippen LogP contribution in [0.5, 0.6) is 0 Å². The summed E-state index contributed by atoms with van der Waals surface area (Å²) < 4.78 is 0. The molecule has 1 aromatic heterocycles. The third-order valence-corrected chi connectivity index (χ3v) is 6.03. The number of benzene rings is 1. The number of hydrogen-bond acceptors (Lipinski definition) is 5. The lowest BCUT2D eigenvalue weighted by Gasteiger charge is -2.20. The van der Waals surface area contributed by atoms with Gasteiger partial charge in [-0.1, -0.05) is 43.7 Å². The first kappa shape index (κ1) is 18.8. The quantitative estimate of drug-likeness (QED) is 0.831. The van der Waals surface area contributed by atoms with Crippen LogP contribution < -0.4 is 10.2 Å². The molecule has 2 heterocycles. The first-order valence-electron chi connectivity index (χ1n) is 8.51. The van der Waals surface area contributed by atoms with Gasteiger partial charge in [0.15, 0.2) is 0 Å². The summed E-state index contributed by atoms with van der Waals surface area (Å²) in [4.78, 5) is 26.4. The molecule has 0 spiro atoms. The van der Waals surface area contributed by atoms with Gasteiger partial charge >= 0.3 is 0 Å². The zero-order chi connectivity index (χ0) is 18.9. The molecule has 2 amide bonds. The summed E-state index contributed by atoms with van der Waals surface area (Å²) in [7, 11) is 0. The van der Waals surface area contributed by atoms with E-state index in [0.717, 1.165) is 17.1 Å². The van der Waals surface area contributed by atoms with E-state index in [4.69, 9.17) is 11.6 Å². The van der Waals surface area contributed by atoms with Crippen molar-refractivity contribution in [3.8, 4) is 0 Å². The van der Waals surface area contributed by atoms with Gasteiger partial charge in [0.1, 0.15) is 5.01 Å². The monoisotopic (exact) mass is 392 g/mol. The van der Waals surface area contributed by atoms with Gasteiger partial charge in [-0.05, 0) is 30.7 Å². The lowest BCUT2D eigenvalue weighted by atomic mass is 9.89. The van der Waals surface area contributed by atoms with Gasteiger partial charge in [-0.2, -0.15) is 0 Å². The Bertz CT molecular complexity index is 819. The standard InChI is InChI=1S/C18H21ClN4O2S/c1-4-18(2,3)16(25)20-17-22-21-15(26-17)11-9-14(24)23(10-11)13-7-5-12(19)6-8-13/h5-8,11H,4,9-10H2,1-3H3,(H,20,22,25)/t11-/m0/s1. The summed E-state index contributed by atoms with van der Waals surface area (Å²) in [5.41, 5.74) is 0.366. The van der Waals surface area contributed by atoms with Crippen molar-refractivity contribution in [3.05, 3.63) is 34.3 Å². The highest BCUT2D eigenvalue weighted by molar-refractivity contribution is 7.15. The van der Waals surface area contributed by atoms with Gasteiger partial charge in [-0.25, -0.2) is 0 Å². The molecule has 26 heavy (non-hydrogen) atoms. The molecule has 3 rings (SSSR count). The van der Waals surface area contributed by atoms with Gasteiger partial charge < -0.3 is 10.2 Å².